The van der Waals surface area contributed by atoms with Gasteiger partial charge in [0.05, 0.1) is 10.3 Å². The summed E-state index contributed by atoms with van der Waals surface area (Å²) >= 11 is 0. The van der Waals surface area contributed by atoms with Crippen LogP contribution in [0.3, 0.4) is 0 Å². The topological polar surface area (TPSA) is 68.3 Å². The molecular formula is C18H15F9O4S2. The third kappa shape index (κ3) is 3.31. The van der Waals surface area contributed by atoms with Crippen LogP contribution in [0, 0.1) is 11.8 Å². The predicted molar refractivity (Wildman–Crippen MR) is 95.6 cm³/mol. The summed E-state index contributed by atoms with van der Waals surface area (Å²) in [6.45, 7) is 0. The van der Waals surface area contributed by atoms with E-state index in [0.29, 0.717) is 6.42 Å². The van der Waals surface area contributed by atoms with E-state index in [2.05, 4.69) is 0 Å². The van der Waals surface area contributed by atoms with Crippen LogP contribution >= 0.6 is 0 Å². The summed E-state index contributed by atoms with van der Waals surface area (Å²) in [6.07, 6.45) is -5.89. The normalized spacial score (nSPS) is 38.9. The van der Waals surface area contributed by atoms with Crippen LogP contribution in [-0.4, -0.2) is 38.9 Å². The number of sulfone groups is 2. The lowest BCUT2D eigenvalue weighted by Crippen LogP contribution is -2.61. The lowest BCUT2D eigenvalue weighted by molar-refractivity contribution is -0.0620. The van der Waals surface area contributed by atoms with Crippen LogP contribution in [0.5, 0.6) is 0 Å². The van der Waals surface area contributed by atoms with Gasteiger partial charge in [-0.3, -0.25) is 0 Å². The minimum atomic E-state index is -7.16. The first-order chi connectivity index (χ1) is 14.9. The van der Waals surface area contributed by atoms with Crippen LogP contribution in [0.4, 0.5) is 39.5 Å². The van der Waals surface area contributed by atoms with Gasteiger partial charge in [0.2, 0.25) is 0 Å². The molecule has 4 nitrogen and oxygen atoms in total. The zero-order chi connectivity index (χ0) is 24.9. The van der Waals surface area contributed by atoms with E-state index in [0.717, 1.165) is 0 Å². The van der Waals surface area contributed by atoms with E-state index in [-0.39, 0.29) is 12.8 Å². The largest absolute Gasteiger partial charge is 0.502 e. The zero-order valence-corrected chi connectivity index (χ0v) is 18.0. The van der Waals surface area contributed by atoms with Gasteiger partial charge in [-0.1, -0.05) is 0 Å². The molecule has 0 aromatic heterocycles. The second-order valence-corrected chi connectivity index (χ2v) is 13.5. The van der Waals surface area contributed by atoms with Gasteiger partial charge < -0.3 is 0 Å². The highest BCUT2D eigenvalue weighted by Gasteiger charge is 2.67. The maximum atomic E-state index is 15.2. The van der Waals surface area contributed by atoms with Crippen molar-refractivity contribution in [2.45, 2.75) is 60.6 Å². The molecule has 5 aliphatic rings. The van der Waals surface area contributed by atoms with Gasteiger partial charge in [0.25, 0.3) is 9.84 Å². The van der Waals surface area contributed by atoms with E-state index in [9.17, 15) is 52.0 Å². The molecule has 0 saturated heterocycles. The van der Waals surface area contributed by atoms with E-state index in [1.807, 2.05) is 0 Å². The first-order valence-electron chi connectivity index (χ1n) is 9.61. The summed E-state index contributed by atoms with van der Waals surface area (Å²) in [7, 11) is -13.2. The van der Waals surface area contributed by atoms with E-state index < -0.39 is 106 Å². The molecule has 15 heteroatoms. The van der Waals surface area contributed by atoms with Gasteiger partial charge in [-0.15, -0.1) is 0 Å². The molecule has 0 heterocycles. The van der Waals surface area contributed by atoms with Gasteiger partial charge in [0, 0.05) is 6.42 Å². The van der Waals surface area contributed by atoms with Crippen LogP contribution in [0.15, 0.2) is 33.1 Å². The number of allylic oxidation sites excluding steroid dienone is 5. The maximum absolute atomic E-state index is 15.2. The van der Waals surface area contributed by atoms with Gasteiger partial charge in [-0.05, 0) is 43.9 Å². The molecule has 33 heavy (non-hydrogen) atoms. The Bertz CT molecular complexity index is 1210. The van der Waals surface area contributed by atoms with Crippen molar-refractivity contribution in [2.24, 2.45) is 11.8 Å². The standard InChI is InChI=1S/C18H15F9O4S2/c19-10-9(11(20)13(22)14(23)12(10)21)15(33(30,31)18(25,26)27)32(28,29)17-4-7-1-8(5-17)3-16(24,2-7)6-17/h7-8,10H,1-6H2/b15-9+. The molecule has 5 rings (SSSR count). The fourth-order valence-electron chi connectivity index (χ4n) is 5.98. The first-order valence-corrected chi connectivity index (χ1v) is 12.6. The minimum Gasteiger partial charge on any atom is -0.244 e. The molecule has 0 aromatic rings. The molecule has 3 unspecified atom stereocenters. The average Bonchev–Trinajstić information content (AvgIpc) is 2.64. The molecule has 0 amide bonds. The van der Waals surface area contributed by atoms with E-state index in [1.165, 1.54) is 0 Å². The van der Waals surface area contributed by atoms with Gasteiger partial charge in [-0.2, -0.15) is 13.2 Å². The lowest BCUT2D eigenvalue weighted by atomic mass is 9.54. The molecular weight excluding hydrogens is 515 g/mol. The molecule has 186 valence electrons. The van der Waals surface area contributed by atoms with Crippen molar-refractivity contribution in [3.63, 3.8) is 0 Å². The first kappa shape index (κ1) is 24.6. The molecule has 4 bridgehead atoms. The van der Waals surface area contributed by atoms with Crippen molar-refractivity contribution in [3.05, 3.63) is 33.1 Å². The second-order valence-electron chi connectivity index (χ2n) is 9.10. The highest BCUT2D eigenvalue weighted by atomic mass is 32.3. The number of hydrogen-bond acceptors (Lipinski definition) is 4. The van der Waals surface area contributed by atoms with Crippen molar-refractivity contribution >= 4 is 19.7 Å². The Kier molecular flexibility index (Phi) is 5.23. The molecule has 4 saturated carbocycles. The fraction of sp³-hybridized carbons (Fsp3) is 0.667. The third-order valence-electron chi connectivity index (χ3n) is 6.83. The molecule has 0 aliphatic heterocycles. The Hall–Kier alpha value is -1.51. The highest BCUT2D eigenvalue weighted by molar-refractivity contribution is 8.15. The molecule has 4 fully saturated rings. The maximum Gasteiger partial charge on any atom is 0.502 e. The number of rotatable bonds is 3. The van der Waals surface area contributed by atoms with Gasteiger partial charge in [-0.25, -0.2) is 43.2 Å². The van der Waals surface area contributed by atoms with Crippen LogP contribution in [0.25, 0.3) is 0 Å². The summed E-state index contributed by atoms with van der Waals surface area (Å²) < 4.78 is 172. The molecule has 0 N–H and O–H groups in total. The third-order valence-corrected chi connectivity index (χ3v) is 11.8. The van der Waals surface area contributed by atoms with Crippen LogP contribution in [-0.2, 0) is 19.7 Å². The monoisotopic (exact) mass is 530 g/mol. The Balaban J connectivity index is 2.06. The average molecular weight is 530 g/mol. The minimum absolute atomic E-state index is 0.129. The molecule has 0 radical (unpaired) electrons. The smallest absolute Gasteiger partial charge is 0.244 e. The van der Waals surface area contributed by atoms with Crippen LogP contribution in [0.2, 0.25) is 0 Å². The van der Waals surface area contributed by atoms with E-state index >= 15 is 4.39 Å². The predicted octanol–water partition coefficient (Wildman–Crippen LogP) is 5.26. The van der Waals surface area contributed by atoms with Crippen molar-refractivity contribution in [2.75, 3.05) is 0 Å². The SMILES string of the molecule is O=S(=O)(/C(=C1/C(F)=C(F)C(F)=C(F)C1F)S(=O)(=O)C12CC3CC(CC(F)(C3)C1)C2)C(F)(F)F. The van der Waals surface area contributed by atoms with Gasteiger partial charge in [0.1, 0.15) is 5.67 Å². The Labute approximate surface area is 182 Å². The molecule has 5 aliphatic carbocycles. The Morgan fingerprint density at radius 1 is 0.848 bits per heavy atom. The van der Waals surface area contributed by atoms with Crippen LogP contribution in [0.1, 0.15) is 38.5 Å². The van der Waals surface area contributed by atoms with Crippen LogP contribution < -0.4 is 0 Å². The van der Waals surface area contributed by atoms with Crippen molar-refractivity contribution in [1.29, 1.82) is 0 Å². The summed E-state index contributed by atoms with van der Waals surface area (Å²) in [6, 6.07) is 0. The van der Waals surface area contributed by atoms with Gasteiger partial charge >= 0.3 is 5.51 Å². The highest BCUT2D eigenvalue weighted by Crippen LogP contribution is 2.63. The van der Waals surface area contributed by atoms with E-state index in [4.69, 9.17) is 0 Å². The van der Waals surface area contributed by atoms with Crippen molar-refractivity contribution in [1.82, 2.24) is 0 Å². The number of alkyl halides is 5. The summed E-state index contributed by atoms with van der Waals surface area (Å²) in [5.41, 5.74) is -11.3. The Morgan fingerprint density at radius 2 is 1.36 bits per heavy atom. The van der Waals surface area contributed by atoms with Crippen molar-refractivity contribution < 1.29 is 56.3 Å². The summed E-state index contributed by atoms with van der Waals surface area (Å²) in [5.74, 6) is -12.8. The number of hydrogen-bond donors (Lipinski definition) is 0. The molecule has 0 spiro atoms. The second kappa shape index (κ2) is 7.01. The quantitative estimate of drug-likeness (QED) is 0.467. The van der Waals surface area contributed by atoms with E-state index in [1.54, 1.807) is 0 Å². The fourth-order valence-corrected chi connectivity index (χ4v) is 10.9. The lowest BCUT2D eigenvalue weighted by Gasteiger charge is -2.58. The number of halogens is 9. The zero-order valence-electron chi connectivity index (χ0n) is 16.3. The summed E-state index contributed by atoms with van der Waals surface area (Å²) in [5, 5.41) is 0. The molecule has 0 aromatic carbocycles. The van der Waals surface area contributed by atoms with Crippen molar-refractivity contribution in [3.8, 4) is 0 Å². The summed E-state index contributed by atoms with van der Waals surface area (Å²) in [4.78, 5) is 0. The molecule has 3 atom stereocenters. The van der Waals surface area contributed by atoms with Gasteiger partial charge in [0.15, 0.2) is 43.6 Å². The Morgan fingerprint density at radius 3 is 1.82 bits per heavy atom.